The molecule has 0 spiro atoms. The van der Waals surface area contributed by atoms with E-state index in [4.69, 9.17) is 0 Å². The van der Waals surface area contributed by atoms with E-state index in [0.29, 0.717) is 11.5 Å². The summed E-state index contributed by atoms with van der Waals surface area (Å²) in [5.74, 6) is 0.452. The van der Waals surface area contributed by atoms with E-state index in [1.165, 1.54) is 6.33 Å². The van der Waals surface area contributed by atoms with Gasteiger partial charge in [0.15, 0.2) is 5.82 Å². The van der Waals surface area contributed by atoms with Crippen molar-refractivity contribution in [1.82, 2.24) is 29.9 Å². The van der Waals surface area contributed by atoms with Gasteiger partial charge in [0.1, 0.15) is 12.7 Å². The monoisotopic (exact) mass is 269 g/mol. The van der Waals surface area contributed by atoms with Gasteiger partial charge in [0.25, 0.3) is 5.91 Å². The molecule has 0 unspecified atom stereocenters. The number of aromatic amines is 1. The minimum atomic E-state index is -0.364. The number of carbonyl (C=O) groups is 1. The number of para-hydroxylation sites is 1. The molecule has 3 rings (SSSR count). The second kappa shape index (κ2) is 4.92. The summed E-state index contributed by atoms with van der Waals surface area (Å²) in [5.41, 5.74) is 1.41. The van der Waals surface area contributed by atoms with Gasteiger partial charge >= 0.3 is 0 Å². The molecule has 2 aromatic heterocycles. The number of amides is 1. The Labute approximate surface area is 113 Å². The number of carbonyl (C=O) groups excluding carboxylic acids is 1. The van der Waals surface area contributed by atoms with Crippen LogP contribution in [0.2, 0.25) is 0 Å². The molecule has 1 aromatic carbocycles. The van der Waals surface area contributed by atoms with Gasteiger partial charge in [0.05, 0.1) is 5.69 Å². The van der Waals surface area contributed by atoms with Gasteiger partial charge in [-0.25, -0.2) is 4.98 Å². The fraction of sp³-hybridized carbons (Fsp3) is 0.0833. The van der Waals surface area contributed by atoms with Crippen molar-refractivity contribution in [2.24, 2.45) is 7.05 Å². The molecule has 1 amide bonds. The predicted octanol–water partition coefficient (Wildman–Crippen LogP) is 0.852. The molecule has 0 bridgehead atoms. The molecular formula is C12H11N7O. The number of anilines is 1. The van der Waals surface area contributed by atoms with E-state index in [1.54, 1.807) is 17.0 Å². The summed E-state index contributed by atoms with van der Waals surface area (Å²) in [6, 6.07) is 7.35. The van der Waals surface area contributed by atoms with Crippen molar-refractivity contribution in [2.75, 3.05) is 5.32 Å². The highest BCUT2D eigenvalue weighted by Crippen LogP contribution is 2.25. The molecule has 0 aliphatic carbocycles. The third-order valence-corrected chi connectivity index (χ3v) is 2.76. The second-order valence-electron chi connectivity index (χ2n) is 4.10. The quantitative estimate of drug-likeness (QED) is 0.734. The lowest BCUT2D eigenvalue weighted by Crippen LogP contribution is -2.14. The zero-order valence-corrected chi connectivity index (χ0v) is 10.6. The van der Waals surface area contributed by atoms with E-state index in [-0.39, 0.29) is 11.7 Å². The molecule has 0 fully saturated rings. The Morgan fingerprint density at radius 1 is 1.35 bits per heavy atom. The number of rotatable bonds is 3. The highest BCUT2D eigenvalue weighted by molar-refractivity contribution is 6.03. The minimum absolute atomic E-state index is 0.151. The molecule has 8 heteroatoms. The number of hydrogen-bond acceptors (Lipinski definition) is 5. The summed E-state index contributed by atoms with van der Waals surface area (Å²) in [6.07, 6.45) is 2.88. The summed E-state index contributed by atoms with van der Waals surface area (Å²) in [7, 11) is 1.84. The van der Waals surface area contributed by atoms with E-state index in [0.717, 1.165) is 5.56 Å². The van der Waals surface area contributed by atoms with Crippen LogP contribution in [0.5, 0.6) is 0 Å². The first kappa shape index (κ1) is 12.0. The third kappa shape index (κ3) is 2.14. The molecule has 8 nitrogen and oxygen atoms in total. The Hall–Kier alpha value is -3.03. The second-order valence-corrected chi connectivity index (χ2v) is 4.10. The molecule has 0 atom stereocenters. The lowest BCUT2D eigenvalue weighted by atomic mass is 10.1. The fourth-order valence-electron chi connectivity index (χ4n) is 1.81. The average molecular weight is 269 g/mol. The number of aryl methyl sites for hydroxylation is 1. The number of H-pyrrole nitrogens is 1. The first-order valence-corrected chi connectivity index (χ1v) is 5.86. The van der Waals surface area contributed by atoms with Gasteiger partial charge in [-0.05, 0) is 12.1 Å². The van der Waals surface area contributed by atoms with Crippen molar-refractivity contribution in [3.8, 4) is 11.4 Å². The van der Waals surface area contributed by atoms with E-state index in [9.17, 15) is 4.79 Å². The molecule has 0 aliphatic rings. The summed E-state index contributed by atoms with van der Waals surface area (Å²) in [6.45, 7) is 0. The SMILES string of the molecule is Cn1cnnc1-c1ccccc1NC(=O)c1ncn[nH]1. The number of nitrogens with zero attached hydrogens (tertiary/aromatic N) is 5. The molecule has 0 radical (unpaired) electrons. The van der Waals surface area contributed by atoms with Crippen LogP contribution in [0.3, 0.4) is 0 Å². The van der Waals surface area contributed by atoms with Gasteiger partial charge in [-0.1, -0.05) is 12.1 Å². The lowest BCUT2D eigenvalue weighted by molar-refractivity contribution is 0.101. The highest BCUT2D eigenvalue weighted by atomic mass is 16.2. The van der Waals surface area contributed by atoms with Crippen LogP contribution < -0.4 is 5.32 Å². The zero-order chi connectivity index (χ0) is 13.9. The predicted molar refractivity (Wildman–Crippen MR) is 70.8 cm³/mol. The Kier molecular flexibility index (Phi) is 2.96. The van der Waals surface area contributed by atoms with Gasteiger partial charge in [-0.3, -0.25) is 9.89 Å². The number of nitrogens with one attached hydrogen (secondary N) is 2. The first-order valence-electron chi connectivity index (χ1n) is 5.86. The van der Waals surface area contributed by atoms with E-state index >= 15 is 0 Å². The third-order valence-electron chi connectivity index (χ3n) is 2.76. The summed E-state index contributed by atoms with van der Waals surface area (Å²) in [5, 5.41) is 16.8. The Morgan fingerprint density at radius 3 is 2.90 bits per heavy atom. The summed E-state index contributed by atoms with van der Waals surface area (Å²) >= 11 is 0. The van der Waals surface area contributed by atoms with Crippen LogP contribution in [-0.2, 0) is 7.05 Å². The van der Waals surface area contributed by atoms with Crippen molar-refractivity contribution in [1.29, 1.82) is 0 Å². The van der Waals surface area contributed by atoms with Crippen LogP contribution in [0, 0.1) is 0 Å². The Bertz CT molecular complexity index is 732. The topological polar surface area (TPSA) is 101 Å². The Balaban J connectivity index is 1.95. The van der Waals surface area contributed by atoms with Gasteiger partial charge in [0.2, 0.25) is 5.82 Å². The van der Waals surface area contributed by atoms with Gasteiger partial charge in [-0.2, -0.15) is 5.10 Å². The molecule has 3 aromatic rings. The maximum atomic E-state index is 12.0. The number of hydrogen-bond donors (Lipinski definition) is 2. The molecular weight excluding hydrogens is 258 g/mol. The van der Waals surface area contributed by atoms with Crippen molar-refractivity contribution >= 4 is 11.6 Å². The average Bonchev–Trinajstić information content (AvgIpc) is 3.10. The van der Waals surface area contributed by atoms with Crippen LogP contribution in [0.1, 0.15) is 10.6 Å². The molecule has 100 valence electrons. The number of aromatic nitrogens is 6. The minimum Gasteiger partial charge on any atom is -0.319 e. The van der Waals surface area contributed by atoms with Gasteiger partial charge in [-0.15, -0.1) is 10.2 Å². The van der Waals surface area contributed by atoms with Crippen molar-refractivity contribution < 1.29 is 4.79 Å². The maximum Gasteiger partial charge on any atom is 0.292 e. The molecule has 2 heterocycles. The van der Waals surface area contributed by atoms with Gasteiger partial charge in [0, 0.05) is 12.6 Å². The van der Waals surface area contributed by atoms with Crippen LogP contribution in [-0.4, -0.2) is 35.9 Å². The van der Waals surface area contributed by atoms with Crippen LogP contribution in [0.15, 0.2) is 36.9 Å². The van der Waals surface area contributed by atoms with Crippen molar-refractivity contribution in [3.05, 3.63) is 42.7 Å². The smallest absolute Gasteiger partial charge is 0.292 e. The van der Waals surface area contributed by atoms with E-state index < -0.39 is 0 Å². The highest BCUT2D eigenvalue weighted by Gasteiger charge is 2.14. The Morgan fingerprint density at radius 2 is 2.20 bits per heavy atom. The van der Waals surface area contributed by atoms with Crippen molar-refractivity contribution in [2.45, 2.75) is 0 Å². The lowest BCUT2D eigenvalue weighted by Gasteiger charge is -2.09. The van der Waals surface area contributed by atoms with Gasteiger partial charge < -0.3 is 9.88 Å². The fourth-order valence-corrected chi connectivity index (χ4v) is 1.81. The molecule has 20 heavy (non-hydrogen) atoms. The molecule has 2 N–H and O–H groups in total. The maximum absolute atomic E-state index is 12.0. The molecule has 0 saturated carbocycles. The largest absolute Gasteiger partial charge is 0.319 e. The van der Waals surface area contributed by atoms with Crippen LogP contribution >= 0.6 is 0 Å². The molecule has 0 aliphatic heterocycles. The first-order chi connectivity index (χ1) is 9.75. The van der Waals surface area contributed by atoms with E-state index in [1.807, 2.05) is 25.2 Å². The van der Waals surface area contributed by atoms with Crippen LogP contribution in [0.4, 0.5) is 5.69 Å². The normalized spacial score (nSPS) is 10.4. The summed E-state index contributed by atoms with van der Waals surface area (Å²) < 4.78 is 1.78. The van der Waals surface area contributed by atoms with Crippen LogP contribution in [0.25, 0.3) is 11.4 Å². The standard InChI is InChI=1S/C12H11N7O/c1-19-7-15-18-11(19)8-4-2-3-5-9(8)16-12(20)10-13-6-14-17-10/h2-7H,1H3,(H,16,20)(H,13,14,17). The zero-order valence-electron chi connectivity index (χ0n) is 10.6. The molecule has 0 saturated heterocycles. The van der Waals surface area contributed by atoms with Crippen molar-refractivity contribution in [3.63, 3.8) is 0 Å². The van der Waals surface area contributed by atoms with E-state index in [2.05, 4.69) is 30.7 Å². The number of benzene rings is 1. The summed E-state index contributed by atoms with van der Waals surface area (Å²) in [4.78, 5) is 15.8.